The molecule has 0 saturated heterocycles. The Hall–Kier alpha value is -1.15. The van der Waals surface area contributed by atoms with Gasteiger partial charge in [-0.1, -0.05) is 25.1 Å². The third-order valence-corrected chi connectivity index (χ3v) is 2.32. The van der Waals surface area contributed by atoms with E-state index in [1.165, 1.54) is 10.9 Å². The molecule has 66 valence electrons. The molecule has 0 bridgehead atoms. The largest absolute Gasteiger partial charge is 0.445 e. The van der Waals surface area contributed by atoms with E-state index in [2.05, 4.69) is 13.0 Å². The van der Waals surface area contributed by atoms with Crippen LogP contribution in [0.5, 0.6) is 0 Å². The highest BCUT2D eigenvalue weighted by atomic mass is 32.1. The standard InChI is InChI=1S/C11H10OS/c1-2-8-7-11(13)12-10-6-4-3-5-9(8)10/h3-7H,2H2,1H3. The van der Waals surface area contributed by atoms with Crippen molar-refractivity contribution in [2.24, 2.45) is 0 Å². The fourth-order valence-corrected chi connectivity index (χ4v) is 1.70. The number of hydrogen-bond donors (Lipinski definition) is 0. The Balaban J connectivity index is 2.89. The van der Waals surface area contributed by atoms with Crippen molar-refractivity contribution in [3.05, 3.63) is 40.6 Å². The van der Waals surface area contributed by atoms with Gasteiger partial charge < -0.3 is 4.42 Å². The van der Waals surface area contributed by atoms with Gasteiger partial charge in [-0.2, -0.15) is 0 Å². The Morgan fingerprint density at radius 3 is 2.85 bits per heavy atom. The minimum atomic E-state index is 0.565. The highest BCUT2D eigenvalue weighted by molar-refractivity contribution is 7.71. The maximum Gasteiger partial charge on any atom is 0.191 e. The zero-order valence-electron chi connectivity index (χ0n) is 7.41. The number of para-hydroxylation sites is 1. The van der Waals surface area contributed by atoms with Crippen molar-refractivity contribution < 1.29 is 4.42 Å². The molecule has 0 unspecified atom stereocenters. The van der Waals surface area contributed by atoms with Crippen LogP contribution < -0.4 is 0 Å². The van der Waals surface area contributed by atoms with Crippen molar-refractivity contribution in [2.45, 2.75) is 13.3 Å². The Labute approximate surface area is 82.0 Å². The molecule has 0 fully saturated rings. The molecule has 1 aromatic carbocycles. The first kappa shape index (κ1) is 8.45. The van der Waals surface area contributed by atoms with Gasteiger partial charge in [-0.05, 0) is 36.3 Å². The lowest BCUT2D eigenvalue weighted by Gasteiger charge is -2.01. The molecule has 13 heavy (non-hydrogen) atoms. The molecule has 1 aromatic heterocycles. The smallest absolute Gasteiger partial charge is 0.191 e. The van der Waals surface area contributed by atoms with E-state index in [1.54, 1.807) is 0 Å². The second-order valence-electron chi connectivity index (χ2n) is 2.94. The van der Waals surface area contributed by atoms with E-state index in [1.807, 2.05) is 24.3 Å². The topological polar surface area (TPSA) is 13.1 Å². The number of hydrogen-bond acceptors (Lipinski definition) is 2. The van der Waals surface area contributed by atoms with Crippen molar-refractivity contribution in [1.29, 1.82) is 0 Å². The van der Waals surface area contributed by atoms with Crippen molar-refractivity contribution >= 4 is 23.2 Å². The Bertz CT molecular complexity index is 485. The first-order valence-electron chi connectivity index (χ1n) is 4.33. The number of aryl methyl sites for hydroxylation is 1. The maximum atomic E-state index is 5.42. The molecule has 0 N–H and O–H groups in total. The van der Waals surface area contributed by atoms with Crippen LogP contribution in [0.2, 0.25) is 0 Å². The van der Waals surface area contributed by atoms with Crippen LogP contribution in [0.4, 0.5) is 0 Å². The van der Waals surface area contributed by atoms with Gasteiger partial charge >= 0.3 is 0 Å². The van der Waals surface area contributed by atoms with Gasteiger partial charge in [0.05, 0.1) is 0 Å². The molecule has 2 rings (SSSR count). The second-order valence-corrected chi connectivity index (χ2v) is 3.34. The fourth-order valence-electron chi connectivity index (χ4n) is 1.47. The van der Waals surface area contributed by atoms with Crippen LogP contribution in [0.1, 0.15) is 12.5 Å². The first-order valence-corrected chi connectivity index (χ1v) is 4.74. The zero-order valence-corrected chi connectivity index (χ0v) is 8.23. The summed E-state index contributed by atoms with van der Waals surface area (Å²) in [5.74, 6) is 0. The summed E-state index contributed by atoms with van der Waals surface area (Å²) in [5.41, 5.74) is 2.14. The van der Waals surface area contributed by atoms with Crippen LogP contribution in [0.3, 0.4) is 0 Å². The quantitative estimate of drug-likeness (QED) is 0.636. The van der Waals surface area contributed by atoms with Crippen molar-refractivity contribution in [2.75, 3.05) is 0 Å². The molecule has 2 heteroatoms. The maximum absolute atomic E-state index is 5.42. The van der Waals surface area contributed by atoms with E-state index < -0.39 is 0 Å². The van der Waals surface area contributed by atoms with E-state index in [0.717, 1.165) is 12.0 Å². The zero-order chi connectivity index (χ0) is 9.26. The second kappa shape index (κ2) is 3.30. The van der Waals surface area contributed by atoms with E-state index in [9.17, 15) is 0 Å². The van der Waals surface area contributed by atoms with Gasteiger partial charge in [-0.3, -0.25) is 0 Å². The van der Waals surface area contributed by atoms with Gasteiger partial charge in [0.1, 0.15) is 5.58 Å². The van der Waals surface area contributed by atoms with Crippen LogP contribution >= 0.6 is 12.2 Å². The average Bonchev–Trinajstić information content (AvgIpc) is 2.16. The summed E-state index contributed by atoms with van der Waals surface area (Å²) < 4.78 is 5.98. The first-order chi connectivity index (χ1) is 6.31. The van der Waals surface area contributed by atoms with Gasteiger partial charge in [-0.25, -0.2) is 0 Å². The molecule has 0 radical (unpaired) electrons. The Morgan fingerprint density at radius 1 is 1.31 bits per heavy atom. The molecule has 0 amide bonds. The van der Waals surface area contributed by atoms with Gasteiger partial charge in [0.2, 0.25) is 0 Å². The lowest BCUT2D eigenvalue weighted by Crippen LogP contribution is -1.83. The SMILES string of the molecule is CCc1cc(=S)oc2ccccc12. The minimum absolute atomic E-state index is 0.565. The third kappa shape index (κ3) is 1.49. The molecule has 0 spiro atoms. The van der Waals surface area contributed by atoms with Crippen LogP contribution in [-0.2, 0) is 6.42 Å². The monoisotopic (exact) mass is 190 g/mol. The summed E-state index contributed by atoms with van der Waals surface area (Å²) in [7, 11) is 0. The molecule has 1 heterocycles. The third-order valence-electron chi connectivity index (χ3n) is 2.12. The fraction of sp³-hybridized carbons (Fsp3) is 0.182. The van der Waals surface area contributed by atoms with Crippen LogP contribution in [0, 0.1) is 4.71 Å². The van der Waals surface area contributed by atoms with E-state index in [4.69, 9.17) is 16.6 Å². The summed E-state index contributed by atoms with van der Waals surface area (Å²) in [6.45, 7) is 2.12. The van der Waals surface area contributed by atoms with Crippen molar-refractivity contribution in [3.63, 3.8) is 0 Å². The summed E-state index contributed by atoms with van der Waals surface area (Å²) >= 11 is 5.03. The molecule has 0 saturated carbocycles. The molecule has 0 atom stereocenters. The highest BCUT2D eigenvalue weighted by Gasteiger charge is 2.00. The van der Waals surface area contributed by atoms with Crippen LogP contribution in [-0.4, -0.2) is 0 Å². The van der Waals surface area contributed by atoms with Crippen molar-refractivity contribution in [3.8, 4) is 0 Å². The number of fused-ring (bicyclic) bond motifs is 1. The van der Waals surface area contributed by atoms with E-state index >= 15 is 0 Å². The van der Waals surface area contributed by atoms with E-state index in [-0.39, 0.29) is 0 Å². The number of rotatable bonds is 1. The highest BCUT2D eigenvalue weighted by Crippen LogP contribution is 2.19. The molecule has 0 aliphatic heterocycles. The summed E-state index contributed by atoms with van der Waals surface area (Å²) in [6, 6.07) is 9.91. The number of benzene rings is 1. The molecular formula is C11H10OS. The molecule has 2 aromatic rings. The van der Waals surface area contributed by atoms with Gasteiger partial charge in [0, 0.05) is 5.39 Å². The molecular weight excluding hydrogens is 180 g/mol. The molecule has 0 aliphatic carbocycles. The molecule has 0 aliphatic rings. The predicted molar refractivity (Wildman–Crippen MR) is 56.4 cm³/mol. The van der Waals surface area contributed by atoms with Gasteiger partial charge in [0.25, 0.3) is 0 Å². The Morgan fingerprint density at radius 2 is 2.08 bits per heavy atom. The molecule has 1 nitrogen and oxygen atoms in total. The summed E-state index contributed by atoms with van der Waals surface area (Å²) in [6.07, 6.45) is 0.987. The Kier molecular flexibility index (Phi) is 2.15. The van der Waals surface area contributed by atoms with Crippen molar-refractivity contribution in [1.82, 2.24) is 0 Å². The average molecular weight is 190 g/mol. The minimum Gasteiger partial charge on any atom is -0.445 e. The summed E-state index contributed by atoms with van der Waals surface area (Å²) in [5, 5.41) is 1.17. The van der Waals surface area contributed by atoms with Crippen LogP contribution in [0.15, 0.2) is 34.7 Å². The van der Waals surface area contributed by atoms with Crippen LogP contribution in [0.25, 0.3) is 11.0 Å². The van der Waals surface area contributed by atoms with E-state index in [0.29, 0.717) is 4.71 Å². The van der Waals surface area contributed by atoms with Gasteiger partial charge in [-0.15, -0.1) is 0 Å². The lowest BCUT2D eigenvalue weighted by molar-refractivity contribution is 0.584. The predicted octanol–water partition coefficient (Wildman–Crippen LogP) is 3.72. The lowest BCUT2D eigenvalue weighted by atomic mass is 10.1. The summed E-state index contributed by atoms with van der Waals surface area (Å²) in [4.78, 5) is 0. The normalized spacial score (nSPS) is 10.5. The van der Waals surface area contributed by atoms with Gasteiger partial charge in [0.15, 0.2) is 4.71 Å².